The van der Waals surface area contributed by atoms with Crippen LogP contribution in [-0.4, -0.2) is 30.1 Å². The van der Waals surface area contributed by atoms with Crippen LogP contribution in [0.5, 0.6) is 5.75 Å². The summed E-state index contributed by atoms with van der Waals surface area (Å²) in [5.41, 5.74) is 3.63. The van der Waals surface area contributed by atoms with Crippen LogP contribution < -0.4 is 4.74 Å². The Hall–Kier alpha value is -3.08. The zero-order chi connectivity index (χ0) is 18.8. The molecule has 138 valence electrons. The molecule has 0 saturated heterocycles. The number of nitrogens with zero attached hydrogens (tertiary/aromatic N) is 2. The molecule has 4 rings (SSSR count). The van der Waals surface area contributed by atoms with Crippen molar-refractivity contribution < 1.29 is 14.1 Å². The second kappa shape index (κ2) is 7.27. The first-order valence-electron chi connectivity index (χ1n) is 9.14. The molecule has 5 heteroatoms. The molecule has 0 fully saturated rings. The van der Waals surface area contributed by atoms with E-state index in [4.69, 9.17) is 9.26 Å². The van der Waals surface area contributed by atoms with E-state index in [1.807, 2.05) is 37.4 Å². The number of carbonyl (C=O) groups excluding carboxylic acids is 1. The zero-order valence-corrected chi connectivity index (χ0v) is 15.5. The molecule has 0 saturated carbocycles. The molecule has 0 bridgehead atoms. The first kappa shape index (κ1) is 17.3. The summed E-state index contributed by atoms with van der Waals surface area (Å²) >= 11 is 0. The van der Waals surface area contributed by atoms with Gasteiger partial charge in [0.05, 0.1) is 18.7 Å². The zero-order valence-electron chi connectivity index (χ0n) is 15.5. The lowest BCUT2D eigenvalue weighted by Gasteiger charge is -2.32. The Kier molecular flexibility index (Phi) is 4.67. The number of hydrogen-bond donors (Lipinski definition) is 0. The number of fused-ring (bicyclic) bond motifs is 1. The molecule has 1 aliphatic carbocycles. The first-order chi connectivity index (χ1) is 13.2. The van der Waals surface area contributed by atoms with Crippen molar-refractivity contribution in [2.45, 2.75) is 25.3 Å². The maximum atomic E-state index is 13.0. The van der Waals surface area contributed by atoms with Crippen LogP contribution >= 0.6 is 0 Å². The van der Waals surface area contributed by atoms with Crippen molar-refractivity contribution in [3.8, 4) is 17.1 Å². The number of aryl methyl sites for hydroxylation is 1. The van der Waals surface area contributed by atoms with Gasteiger partial charge in [0, 0.05) is 13.1 Å². The van der Waals surface area contributed by atoms with Crippen LogP contribution in [0.25, 0.3) is 11.3 Å². The van der Waals surface area contributed by atoms with Gasteiger partial charge in [0.1, 0.15) is 5.75 Å². The van der Waals surface area contributed by atoms with Gasteiger partial charge in [-0.1, -0.05) is 41.6 Å². The highest BCUT2D eigenvalue weighted by atomic mass is 16.5. The lowest BCUT2D eigenvalue weighted by molar-refractivity contribution is 0.0704. The van der Waals surface area contributed by atoms with Gasteiger partial charge in [-0.05, 0) is 42.5 Å². The van der Waals surface area contributed by atoms with Gasteiger partial charge in [0.2, 0.25) is 0 Å². The second-order valence-electron chi connectivity index (χ2n) is 6.80. The van der Waals surface area contributed by atoms with Gasteiger partial charge in [0.15, 0.2) is 11.5 Å². The third-order valence-corrected chi connectivity index (χ3v) is 5.23. The summed E-state index contributed by atoms with van der Waals surface area (Å²) in [6.07, 6.45) is 3.09. The maximum absolute atomic E-state index is 13.0. The summed E-state index contributed by atoms with van der Waals surface area (Å²) < 4.78 is 10.8. The van der Waals surface area contributed by atoms with Gasteiger partial charge in [0.25, 0.3) is 5.91 Å². The molecular formula is C22H22N2O3. The molecule has 1 amide bonds. The van der Waals surface area contributed by atoms with Crippen LogP contribution in [0.2, 0.25) is 0 Å². The van der Waals surface area contributed by atoms with E-state index in [0.717, 1.165) is 24.8 Å². The highest BCUT2D eigenvalue weighted by Gasteiger charge is 2.29. The number of ether oxygens (including phenoxy) is 1. The normalized spacial score (nSPS) is 15.9. The molecule has 0 spiro atoms. The third kappa shape index (κ3) is 3.21. The number of aromatic nitrogens is 1. The van der Waals surface area contributed by atoms with Crippen molar-refractivity contribution in [1.82, 2.24) is 10.1 Å². The number of para-hydroxylation sites is 1. The van der Waals surface area contributed by atoms with Gasteiger partial charge >= 0.3 is 0 Å². The Balaban J connectivity index is 1.60. The highest BCUT2D eigenvalue weighted by molar-refractivity contribution is 5.93. The molecular weight excluding hydrogens is 340 g/mol. The van der Waals surface area contributed by atoms with Crippen molar-refractivity contribution >= 4 is 5.91 Å². The number of carbonyl (C=O) groups is 1. The molecule has 1 aromatic heterocycles. The third-order valence-electron chi connectivity index (χ3n) is 5.23. The molecule has 0 aliphatic heterocycles. The highest BCUT2D eigenvalue weighted by Crippen LogP contribution is 2.35. The topological polar surface area (TPSA) is 55.6 Å². The number of hydrogen-bond acceptors (Lipinski definition) is 4. The number of rotatable bonds is 4. The Morgan fingerprint density at radius 1 is 1.19 bits per heavy atom. The lowest BCUT2D eigenvalue weighted by atomic mass is 9.87. The van der Waals surface area contributed by atoms with E-state index < -0.39 is 0 Å². The van der Waals surface area contributed by atoms with E-state index in [1.165, 1.54) is 11.1 Å². The second-order valence-corrected chi connectivity index (χ2v) is 6.80. The van der Waals surface area contributed by atoms with Gasteiger partial charge < -0.3 is 14.2 Å². The first-order valence-corrected chi connectivity index (χ1v) is 9.14. The fourth-order valence-electron chi connectivity index (χ4n) is 3.80. The van der Waals surface area contributed by atoms with Crippen molar-refractivity contribution in [3.05, 3.63) is 71.4 Å². The fraction of sp³-hybridized carbons (Fsp3) is 0.273. The average Bonchev–Trinajstić information content (AvgIpc) is 3.22. The maximum Gasteiger partial charge on any atom is 0.276 e. The van der Waals surface area contributed by atoms with Crippen LogP contribution in [0.1, 0.15) is 40.5 Å². The summed E-state index contributed by atoms with van der Waals surface area (Å²) in [4.78, 5) is 14.8. The van der Waals surface area contributed by atoms with Gasteiger partial charge in [-0.15, -0.1) is 0 Å². The van der Waals surface area contributed by atoms with Crippen molar-refractivity contribution in [2.24, 2.45) is 0 Å². The predicted molar refractivity (Wildman–Crippen MR) is 103 cm³/mol. The monoisotopic (exact) mass is 362 g/mol. The fourth-order valence-corrected chi connectivity index (χ4v) is 3.80. The summed E-state index contributed by atoms with van der Waals surface area (Å²) in [6.45, 7) is 0. The smallest absolute Gasteiger partial charge is 0.276 e. The Morgan fingerprint density at radius 3 is 2.81 bits per heavy atom. The molecule has 1 unspecified atom stereocenters. The van der Waals surface area contributed by atoms with Crippen LogP contribution in [0.4, 0.5) is 0 Å². The van der Waals surface area contributed by atoms with Crippen LogP contribution in [0, 0.1) is 0 Å². The van der Waals surface area contributed by atoms with E-state index in [9.17, 15) is 4.79 Å². The Bertz CT molecular complexity index is 963. The summed E-state index contributed by atoms with van der Waals surface area (Å²) in [7, 11) is 3.45. The van der Waals surface area contributed by atoms with Crippen molar-refractivity contribution in [2.75, 3.05) is 14.2 Å². The molecule has 1 aliphatic rings. The molecule has 1 atom stereocenters. The standard InChI is InChI=1S/C22H22N2O3/c1-24(19-12-7-9-15-8-3-4-10-16(15)19)22(25)18-14-21(27-23-18)17-11-5-6-13-20(17)26-2/h3-6,8,10-11,13-14,19H,7,9,12H2,1-2H3. The molecule has 2 aromatic carbocycles. The predicted octanol–water partition coefficient (Wildman–Crippen LogP) is 4.50. The number of methoxy groups -OCH3 is 1. The summed E-state index contributed by atoms with van der Waals surface area (Å²) in [5.74, 6) is 1.07. The molecule has 0 radical (unpaired) electrons. The molecule has 0 N–H and O–H groups in total. The van der Waals surface area contributed by atoms with Crippen LogP contribution in [0.3, 0.4) is 0 Å². The van der Waals surface area contributed by atoms with Gasteiger partial charge in [-0.2, -0.15) is 0 Å². The quantitative estimate of drug-likeness (QED) is 0.686. The molecule has 3 aromatic rings. The SMILES string of the molecule is COc1ccccc1-c1cc(C(=O)N(C)C2CCCc3ccccc32)no1. The van der Waals surface area contributed by atoms with Crippen molar-refractivity contribution in [1.29, 1.82) is 0 Å². The Labute approximate surface area is 158 Å². The minimum absolute atomic E-state index is 0.0638. The average molecular weight is 362 g/mol. The lowest BCUT2D eigenvalue weighted by Crippen LogP contribution is -2.33. The molecule has 1 heterocycles. The minimum Gasteiger partial charge on any atom is -0.496 e. The van der Waals surface area contributed by atoms with E-state index in [0.29, 0.717) is 17.2 Å². The van der Waals surface area contributed by atoms with Crippen LogP contribution in [0.15, 0.2) is 59.1 Å². The molecule has 5 nitrogen and oxygen atoms in total. The van der Waals surface area contributed by atoms with E-state index >= 15 is 0 Å². The summed E-state index contributed by atoms with van der Waals surface area (Å²) in [5, 5.41) is 4.02. The molecule has 27 heavy (non-hydrogen) atoms. The van der Waals surface area contributed by atoms with Crippen molar-refractivity contribution in [3.63, 3.8) is 0 Å². The number of amides is 1. The Morgan fingerprint density at radius 2 is 1.96 bits per heavy atom. The van der Waals surface area contributed by atoms with Crippen LogP contribution in [-0.2, 0) is 6.42 Å². The largest absolute Gasteiger partial charge is 0.496 e. The van der Waals surface area contributed by atoms with E-state index in [1.54, 1.807) is 18.1 Å². The van der Waals surface area contributed by atoms with E-state index in [2.05, 4.69) is 23.4 Å². The van der Waals surface area contributed by atoms with Gasteiger partial charge in [-0.25, -0.2) is 0 Å². The number of benzene rings is 2. The summed E-state index contributed by atoms with van der Waals surface area (Å²) in [6, 6.07) is 17.6. The minimum atomic E-state index is -0.137. The van der Waals surface area contributed by atoms with Gasteiger partial charge in [-0.3, -0.25) is 4.79 Å². The van der Waals surface area contributed by atoms with E-state index in [-0.39, 0.29) is 11.9 Å².